The van der Waals surface area contributed by atoms with Crippen molar-refractivity contribution < 1.29 is 4.79 Å². The first-order valence-corrected chi connectivity index (χ1v) is 8.33. The van der Waals surface area contributed by atoms with Crippen LogP contribution in [0.4, 0.5) is 10.5 Å². The molecule has 1 aliphatic rings. The summed E-state index contributed by atoms with van der Waals surface area (Å²) in [5.41, 5.74) is 2.28. The van der Waals surface area contributed by atoms with Crippen LogP contribution < -0.4 is 16.0 Å². The first kappa shape index (κ1) is 16.4. The van der Waals surface area contributed by atoms with Crippen molar-refractivity contribution in [2.45, 2.75) is 13.3 Å². The molecule has 0 aliphatic carbocycles. The van der Waals surface area contributed by atoms with E-state index in [0.717, 1.165) is 30.8 Å². The molecule has 3 rings (SSSR count). The zero-order valence-electron chi connectivity index (χ0n) is 14.1. The lowest BCUT2D eigenvalue weighted by Crippen LogP contribution is -2.42. The van der Waals surface area contributed by atoms with E-state index in [-0.39, 0.29) is 6.03 Å². The van der Waals surface area contributed by atoms with Gasteiger partial charge in [0.2, 0.25) is 0 Å². The Morgan fingerprint density at radius 1 is 1.50 bits per heavy atom. The molecule has 0 aromatic carbocycles. The van der Waals surface area contributed by atoms with E-state index in [1.54, 1.807) is 17.1 Å². The summed E-state index contributed by atoms with van der Waals surface area (Å²) in [6.07, 6.45) is 6.42. The minimum absolute atomic E-state index is 0.195. The highest BCUT2D eigenvalue weighted by molar-refractivity contribution is 5.93. The molecular formula is C17H24N6O. The van der Waals surface area contributed by atoms with Crippen LogP contribution in [0.25, 0.3) is 11.3 Å². The summed E-state index contributed by atoms with van der Waals surface area (Å²) < 4.78 is 1.71. The van der Waals surface area contributed by atoms with Crippen LogP contribution in [0.2, 0.25) is 0 Å². The molecule has 2 unspecified atom stereocenters. The Morgan fingerprint density at radius 3 is 3.12 bits per heavy atom. The highest BCUT2D eigenvalue weighted by Crippen LogP contribution is 2.24. The fourth-order valence-corrected chi connectivity index (χ4v) is 3.04. The average Bonchev–Trinajstić information content (AvgIpc) is 3.01. The lowest BCUT2D eigenvalue weighted by atomic mass is 9.88. The number of nitrogens with zero attached hydrogens (tertiary/aromatic N) is 3. The van der Waals surface area contributed by atoms with Gasteiger partial charge in [-0.3, -0.25) is 9.67 Å². The molecule has 1 fully saturated rings. The number of urea groups is 1. The van der Waals surface area contributed by atoms with E-state index in [9.17, 15) is 4.79 Å². The third kappa shape index (κ3) is 3.91. The number of rotatable bonds is 4. The third-order valence-corrected chi connectivity index (χ3v) is 4.52. The predicted molar refractivity (Wildman–Crippen MR) is 93.6 cm³/mol. The minimum Gasteiger partial charge on any atom is -0.338 e. The number of carbonyl (C=O) groups is 1. The van der Waals surface area contributed by atoms with Gasteiger partial charge in [0.1, 0.15) is 0 Å². The molecule has 2 amide bonds. The number of nitrogens with one attached hydrogen (secondary N) is 3. The van der Waals surface area contributed by atoms with Crippen LogP contribution in [0.15, 0.2) is 30.7 Å². The average molecular weight is 328 g/mol. The largest absolute Gasteiger partial charge is 0.338 e. The number of hydrogen-bond donors (Lipinski definition) is 3. The molecule has 128 valence electrons. The SMILES string of the molecule is CC1CNCCC1CNC(=O)Nc1cccnc1-c1cnn(C)c1. The Kier molecular flexibility index (Phi) is 5.10. The van der Waals surface area contributed by atoms with Gasteiger partial charge in [0.05, 0.1) is 17.6 Å². The van der Waals surface area contributed by atoms with Crippen LogP contribution in [0.1, 0.15) is 13.3 Å². The summed E-state index contributed by atoms with van der Waals surface area (Å²) >= 11 is 0. The number of aryl methyl sites for hydroxylation is 1. The lowest BCUT2D eigenvalue weighted by molar-refractivity contribution is 0.237. The van der Waals surface area contributed by atoms with Crippen molar-refractivity contribution >= 4 is 11.7 Å². The van der Waals surface area contributed by atoms with Gasteiger partial charge < -0.3 is 16.0 Å². The maximum absolute atomic E-state index is 12.3. The van der Waals surface area contributed by atoms with Gasteiger partial charge in [-0.05, 0) is 43.5 Å². The summed E-state index contributed by atoms with van der Waals surface area (Å²) in [6, 6.07) is 3.46. The van der Waals surface area contributed by atoms with Crippen molar-refractivity contribution in [2.75, 3.05) is 25.0 Å². The monoisotopic (exact) mass is 328 g/mol. The second kappa shape index (κ2) is 7.44. The van der Waals surface area contributed by atoms with Crippen molar-refractivity contribution in [1.82, 2.24) is 25.4 Å². The van der Waals surface area contributed by atoms with Crippen molar-refractivity contribution in [1.29, 1.82) is 0 Å². The van der Waals surface area contributed by atoms with E-state index >= 15 is 0 Å². The Morgan fingerprint density at radius 2 is 2.38 bits per heavy atom. The molecule has 7 heteroatoms. The number of carbonyl (C=O) groups excluding carboxylic acids is 1. The molecular weight excluding hydrogens is 304 g/mol. The van der Waals surface area contributed by atoms with E-state index in [1.165, 1.54) is 0 Å². The van der Waals surface area contributed by atoms with Crippen molar-refractivity contribution in [3.63, 3.8) is 0 Å². The smallest absolute Gasteiger partial charge is 0.319 e. The van der Waals surface area contributed by atoms with E-state index in [2.05, 4.69) is 33.0 Å². The standard InChI is InChI=1S/C17H24N6O/c1-12-8-18-7-5-13(12)9-20-17(24)22-15-4-3-6-19-16(15)14-10-21-23(2)11-14/h3-4,6,10-13,18H,5,7-9H2,1-2H3,(H2,20,22,24). The van der Waals surface area contributed by atoms with Gasteiger partial charge in [-0.2, -0.15) is 5.10 Å². The molecule has 3 heterocycles. The summed E-state index contributed by atoms with van der Waals surface area (Å²) in [6.45, 7) is 4.95. The topological polar surface area (TPSA) is 83.9 Å². The van der Waals surface area contributed by atoms with Crippen LogP contribution in [-0.4, -0.2) is 40.4 Å². The second-order valence-corrected chi connectivity index (χ2v) is 6.37. The number of piperidine rings is 1. The van der Waals surface area contributed by atoms with Crippen LogP contribution >= 0.6 is 0 Å². The Hall–Kier alpha value is -2.41. The fourth-order valence-electron chi connectivity index (χ4n) is 3.04. The number of amides is 2. The van der Waals surface area contributed by atoms with Crippen LogP contribution in [0.5, 0.6) is 0 Å². The van der Waals surface area contributed by atoms with E-state index in [4.69, 9.17) is 0 Å². The second-order valence-electron chi connectivity index (χ2n) is 6.37. The van der Waals surface area contributed by atoms with Gasteiger partial charge in [-0.1, -0.05) is 6.92 Å². The Labute approximate surface area is 141 Å². The third-order valence-electron chi connectivity index (χ3n) is 4.52. The van der Waals surface area contributed by atoms with Crippen LogP contribution in [0, 0.1) is 11.8 Å². The summed E-state index contributed by atoms with van der Waals surface area (Å²) in [4.78, 5) is 16.6. The summed E-state index contributed by atoms with van der Waals surface area (Å²) in [7, 11) is 1.85. The highest BCUT2D eigenvalue weighted by atomic mass is 16.2. The maximum atomic E-state index is 12.3. The molecule has 2 atom stereocenters. The fraction of sp³-hybridized carbons (Fsp3) is 0.471. The molecule has 24 heavy (non-hydrogen) atoms. The normalized spacial score (nSPS) is 20.6. The molecule has 2 aromatic rings. The van der Waals surface area contributed by atoms with Gasteiger partial charge in [0.15, 0.2) is 0 Å². The summed E-state index contributed by atoms with van der Waals surface area (Å²) in [5, 5.41) is 13.4. The minimum atomic E-state index is -0.195. The van der Waals surface area contributed by atoms with Crippen LogP contribution in [-0.2, 0) is 7.05 Å². The van der Waals surface area contributed by atoms with E-state index in [0.29, 0.717) is 24.1 Å². The molecule has 0 spiro atoms. The molecule has 3 N–H and O–H groups in total. The number of anilines is 1. The van der Waals surface area contributed by atoms with Crippen molar-refractivity contribution in [3.8, 4) is 11.3 Å². The highest BCUT2D eigenvalue weighted by Gasteiger charge is 2.21. The lowest BCUT2D eigenvalue weighted by Gasteiger charge is -2.29. The molecule has 7 nitrogen and oxygen atoms in total. The zero-order valence-corrected chi connectivity index (χ0v) is 14.1. The van der Waals surface area contributed by atoms with Gasteiger partial charge in [0.25, 0.3) is 0 Å². The van der Waals surface area contributed by atoms with E-state index < -0.39 is 0 Å². The Balaban J connectivity index is 1.62. The van der Waals surface area contributed by atoms with Crippen LogP contribution in [0.3, 0.4) is 0 Å². The number of hydrogen-bond acceptors (Lipinski definition) is 4. The molecule has 2 aromatic heterocycles. The zero-order chi connectivity index (χ0) is 16.9. The molecule has 1 saturated heterocycles. The van der Waals surface area contributed by atoms with Gasteiger partial charge >= 0.3 is 6.03 Å². The molecule has 0 radical (unpaired) electrons. The van der Waals surface area contributed by atoms with Crippen molar-refractivity contribution in [2.24, 2.45) is 18.9 Å². The molecule has 1 aliphatic heterocycles. The maximum Gasteiger partial charge on any atom is 0.319 e. The molecule has 0 bridgehead atoms. The Bertz CT molecular complexity index is 698. The van der Waals surface area contributed by atoms with Gasteiger partial charge in [-0.25, -0.2) is 4.79 Å². The predicted octanol–water partition coefficient (Wildman–Crippen LogP) is 1.85. The van der Waals surface area contributed by atoms with Crippen molar-refractivity contribution in [3.05, 3.63) is 30.7 Å². The quantitative estimate of drug-likeness (QED) is 0.800. The van der Waals surface area contributed by atoms with Gasteiger partial charge in [0, 0.05) is 31.5 Å². The van der Waals surface area contributed by atoms with E-state index in [1.807, 2.05) is 25.4 Å². The molecule has 0 saturated carbocycles. The summed E-state index contributed by atoms with van der Waals surface area (Å²) in [5.74, 6) is 1.09. The number of pyridine rings is 1. The first-order chi connectivity index (χ1) is 11.6. The van der Waals surface area contributed by atoms with Gasteiger partial charge in [-0.15, -0.1) is 0 Å². The number of aromatic nitrogens is 3. The first-order valence-electron chi connectivity index (χ1n) is 8.33.